The lowest BCUT2D eigenvalue weighted by molar-refractivity contribution is -0.385. The van der Waals surface area contributed by atoms with E-state index in [4.69, 9.17) is 0 Å². The van der Waals surface area contributed by atoms with Crippen molar-refractivity contribution in [3.63, 3.8) is 0 Å². The molecule has 0 saturated carbocycles. The maximum absolute atomic E-state index is 14.2. The van der Waals surface area contributed by atoms with E-state index in [9.17, 15) is 14.5 Å². The van der Waals surface area contributed by atoms with E-state index < -0.39 is 16.3 Å². The van der Waals surface area contributed by atoms with Crippen molar-refractivity contribution in [1.29, 1.82) is 0 Å². The maximum atomic E-state index is 14.2. The van der Waals surface area contributed by atoms with Crippen LogP contribution in [0.25, 0.3) is 0 Å². The van der Waals surface area contributed by atoms with E-state index in [-0.39, 0.29) is 5.69 Å². The number of nitro benzene ring substituents is 1. The van der Waals surface area contributed by atoms with Gasteiger partial charge in [-0.3, -0.25) is 15.0 Å². The SMILES string of the molecule is CN1CCN(C(C)(C)c2ccc([N+](=O)[O-])cc2F)CC1. The summed E-state index contributed by atoms with van der Waals surface area (Å²) in [6.45, 7) is 7.53. The molecule has 1 fully saturated rings. The molecule has 1 heterocycles. The number of non-ortho nitro benzene ring substituents is 1. The van der Waals surface area contributed by atoms with Crippen molar-refractivity contribution in [3.05, 3.63) is 39.7 Å². The van der Waals surface area contributed by atoms with Gasteiger partial charge in [-0.25, -0.2) is 4.39 Å². The zero-order valence-electron chi connectivity index (χ0n) is 12.1. The second kappa shape index (κ2) is 5.46. The molecule has 1 aromatic rings. The highest BCUT2D eigenvalue weighted by Crippen LogP contribution is 2.32. The number of benzene rings is 1. The first-order valence-electron chi connectivity index (χ1n) is 6.70. The molecule has 0 amide bonds. The number of nitrogens with zero attached hydrogens (tertiary/aromatic N) is 3. The first kappa shape index (κ1) is 14.9. The summed E-state index contributed by atoms with van der Waals surface area (Å²) in [5.41, 5.74) is -0.173. The summed E-state index contributed by atoms with van der Waals surface area (Å²) in [6.07, 6.45) is 0. The van der Waals surface area contributed by atoms with E-state index in [2.05, 4.69) is 16.8 Å². The highest BCUT2D eigenvalue weighted by atomic mass is 19.1. The number of halogens is 1. The van der Waals surface area contributed by atoms with E-state index in [1.54, 1.807) is 0 Å². The van der Waals surface area contributed by atoms with Crippen molar-refractivity contribution in [3.8, 4) is 0 Å². The lowest BCUT2D eigenvalue weighted by atomic mass is 9.90. The predicted octanol–water partition coefficient (Wildman–Crippen LogP) is 2.22. The van der Waals surface area contributed by atoms with Crippen molar-refractivity contribution >= 4 is 5.69 Å². The van der Waals surface area contributed by atoms with Gasteiger partial charge in [0.25, 0.3) is 5.69 Å². The van der Waals surface area contributed by atoms with Crippen LogP contribution in [0.1, 0.15) is 19.4 Å². The van der Waals surface area contributed by atoms with Gasteiger partial charge in [-0.05, 0) is 27.0 Å². The monoisotopic (exact) mass is 281 g/mol. The first-order valence-corrected chi connectivity index (χ1v) is 6.70. The first-order chi connectivity index (χ1) is 9.32. The molecule has 6 heteroatoms. The second-order valence-electron chi connectivity index (χ2n) is 5.77. The molecule has 1 aliphatic rings. The maximum Gasteiger partial charge on any atom is 0.272 e. The van der Waals surface area contributed by atoms with Gasteiger partial charge in [-0.2, -0.15) is 0 Å². The van der Waals surface area contributed by atoms with Crippen LogP contribution in [0.4, 0.5) is 10.1 Å². The topological polar surface area (TPSA) is 49.6 Å². The predicted molar refractivity (Wildman–Crippen MR) is 75.2 cm³/mol. The van der Waals surface area contributed by atoms with E-state index >= 15 is 0 Å². The number of hydrogen-bond donors (Lipinski definition) is 0. The van der Waals surface area contributed by atoms with Crippen LogP contribution in [0.15, 0.2) is 18.2 Å². The molecular weight excluding hydrogens is 261 g/mol. The summed E-state index contributed by atoms with van der Waals surface area (Å²) in [6, 6.07) is 3.91. The van der Waals surface area contributed by atoms with Gasteiger partial charge in [0.05, 0.1) is 11.0 Å². The fourth-order valence-corrected chi connectivity index (χ4v) is 2.65. The van der Waals surface area contributed by atoms with Crippen molar-refractivity contribution in [2.75, 3.05) is 33.2 Å². The number of piperazine rings is 1. The third kappa shape index (κ3) is 2.81. The molecule has 0 bridgehead atoms. The lowest BCUT2D eigenvalue weighted by Crippen LogP contribution is -2.52. The van der Waals surface area contributed by atoms with Gasteiger partial charge in [-0.1, -0.05) is 0 Å². The molecular formula is C14H20FN3O2. The van der Waals surface area contributed by atoms with Crippen LogP contribution < -0.4 is 0 Å². The Morgan fingerprint density at radius 1 is 1.25 bits per heavy atom. The Hall–Kier alpha value is -1.53. The molecule has 0 N–H and O–H groups in total. The molecule has 1 saturated heterocycles. The summed E-state index contributed by atoms with van der Waals surface area (Å²) in [5.74, 6) is -0.511. The van der Waals surface area contributed by atoms with E-state index in [0.29, 0.717) is 5.56 Å². The Morgan fingerprint density at radius 3 is 2.35 bits per heavy atom. The quantitative estimate of drug-likeness (QED) is 0.629. The zero-order chi connectivity index (χ0) is 14.9. The summed E-state index contributed by atoms with van der Waals surface area (Å²) in [5, 5.41) is 10.7. The molecule has 0 radical (unpaired) electrons. The van der Waals surface area contributed by atoms with Gasteiger partial charge >= 0.3 is 0 Å². The van der Waals surface area contributed by atoms with Crippen molar-refractivity contribution in [2.24, 2.45) is 0 Å². The highest BCUT2D eigenvalue weighted by molar-refractivity contribution is 5.37. The van der Waals surface area contributed by atoms with E-state index in [1.807, 2.05) is 13.8 Å². The molecule has 0 aliphatic carbocycles. The Labute approximate surface area is 118 Å². The van der Waals surface area contributed by atoms with E-state index in [1.165, 1.54) is 12.1 Å². The van der Waals surface area contributed by atoms with Crippen molar-refractivity contribution < 1.29 is 9.31 Å². The summed E-state index contributed by atoms with van der Waals surface area (Å²) < 4.78 is 14.2. The fourth-order valence-electron chi connectivity index (χ4n) is 2.65. The minimum Gasteiger partial charge on any atom is -0.304 e. The van der Waals surface area contributed by atoms with Gasteiger partial charge < -0.3 is 4.90 Å². The third-order valence-corrected chi connectivity index (χ3v) is 4.12. The number of rotatable bonds is 3. The van der Waals surface area contributed by atoms with E-state index in [0.717, 1.165) is 32.2 Å². The van der Waals surface area contributed by atoms with Gasteiger partial charge in [0, 0.05) is 43.3 Å². The largest absolute Gasteiger partial charge is 0.304 e. The molecule has 1 aliphatic heterocycles. The van der Waals surface area contributed by atoms with Crippen LogP contribution in [-0.4, -0.2) is 47.9 Å². The van der Waals surface area contributed by atoms with Crippen LogP contribution in [0, 0.1) is 15.9 Å². The molecule has 0 atom stereocenters. The number of hydrogen-bond acceptors (Lipinski definition) is 4. The Bertz CT molecular complexity index is 511. The van der Waals surface area contributed by atoms with Crippen molar-refractivity contribution in [2.45, 2.75) is 19.4 Å². The molecule has 20 heavy (non-hydrogen) atoms. The fraction of sp³-hybridized carbons (Fsp3) is 0.571. The molecule has 2 rings (SSSR count). The van der Waals surface area contributed by atoms with Crippen LogP contribution >= 0.6 is 0 Å². The van der Waals surface area contributed by atoms with Crippen LogP contribution in [0.2, 0.25) is 0 Å². The number of nitro groups is 1. The summed E-state index contributed by atoms with van der Waals surface area (Å²) >= 11 is 0. The Morgan fingerprint density at radius 2 is 1.85 bits per heavy atom. The van der Waals surface area contributed by atoms with Gasteiger partial charge in [0.1, 0.15) is 5.82 Å². The molecule has 0 spiro atoms. The number of likely N-dealkylation sites (N-methyl/N-ethyl adjacent to an activating group) is 1. The van der Waals surface area contributed by atoms with Crippen molar-refractivity contribution in [1.82, 2.24) is 9.80 Å². The average Bonchev–Trinajstić information content (AvgIpc) is 2.38. The van der Waals surface area contributed by atoms with Crippen LogP contribution in [0.3, 0.4) is 0 Å². The standard InChI is InChI=1S/C14H20FN3O2/c1-14(2,17-8-6-16(3)7-9-17)12-5-4-11(18(19)20)10-13(12)15/h4-5,10H,6-9H2,1-3H3. The molecule has 1 aromatic carbocycles. The van der Waals surface area contributed by atoms with Gasteiger partial charge in [-0.15, -0.1) is 0 Å². The van der Waals surface area contributed by atoms with Crippen LogP contribution in [-0.2, 0) is 5.54 Å². The van der Waals surface area contributed by atoms with Gasteiger partial charge in [0.2, 0.25) is 0 Å². The zero-order valence-corrected chi connectivity index (χ0v) is 12.1. The summed E-state index contributed by atoms with van der Waals surface area (Å²) in [4.78, 5) is 14.6. The molecule has 5 nitrogen and oxygen atoms in total. The highest BCUT2D eigenvalue weighted by Gasteiger charge is 2.33. The Kier molecular flexibility index (Phi) is 4.06. The Balaban J connectivity index is 2.27. The minimum atomic E-state index is -0.574. The molecule has 0 aromatic heterocycles. The molecule has 110 valence electrons. The normalized spacial score (nSPS) is 18.2. The van der Waals surface area contributed by atoms with Gasteiger partial charge in [0.15, 0.2) is 0 Å². The third-order valence-electron chi connectivity index (χ3n) is 4.12. The molecule has 0 unspecified atom stereocenters. The minimum absolute atomic E-state index is 0.208. The van der Waals surface area contributed by atoms with Crippen LogP contribution in [0.5, 0.6) is 0 Å². The second-order valence-corrected chi connectivity index (χ2v) is 5.77. The average molecular weight is 281 g/mol. The smallest absolute Gasteiger partial charge is 0.272 e. The lowest BCUT2D eigenvalue weighted by Gasteiger charge is -2.43. The summed E-state index contributed by atoms with van der Waals surface area (Å²) in [7, 11) is 2.07.